The molecule has 0 heterocycles. The van der Waals surface area contributed by atoms with E-state index in [4.69, 9.17) is 18.9 Å². The van der Waals surface area contributed by atoms with Crippen LogP contribution in [0.1, 0.15) is 13.8 Å². The van der Waals surface area contributed by atoms with E-state index in [2.05, 4.69) is 15.6 Å². The van der Waals surface area contributed by atoms with Gasteiger partial charge in [-0.15, -0.1) is 0 Å². The Morgan fingerprint density at radius 2 is 1.61 bits per heavy atom. The average molecular weight is 387 g/mol. The quantitative estimate of drug-likeness (QED) is 0.506. The lowest BCUT2D eigenvalue weighted by atomic mass is 10.2. The molecule has 0 amide bonds. The predicted octanol–water partition coefficient (Wildman–Crippen LogP) is 3.56. The molecule has 2 aromatic carbocycles. The highest BCUT2D eigenvalue weighted by atomic mass is 16.5. The predicted molar refractivity (Wildman–Crippen MR) is 112 cm³/mol. The fraction of sp³-hybridized carbons (Fsp3) is 0.381. The summed E-state index contributed by atoms with van der Waals surface area (Å²) < 4.78 is 21.7. The van der Waals surface area contributed by atoms with E-state index in [0.29, 0.717) is 24.0 Å². The number of methoxy groups -OCH3 is 3. The summed E-state index contributed by atoms with van der Waals surface area (Å²) in [7, 11) is 4.86. The SMILES string of the molecule is CCNC(=NCC(C)Oc1ccc(OC)cc1)Nc1ccc(OC)c(OC)c1. The van der Waals surface area contributed by atoms with Crippen molar-refractivity contribution in [3.05, 3.63) is 42.5 Å². The third-order valence-electron chi connectivity index (χ3n) is 3.89. The van der Waals surface area contributed by atoms with Gasteiger partial charge >= 0.3 is 0 Å². The standard InChI is InChI=1S/C21H29N3O4/c1-6-22-21(24-16-7-12-19(26-4)20(13-16)27-5)23-14-15(2)28-18-10-8-17(25-3)9-11-18/h7-13,15H,6,14H2,1-5H3,(H2,22,23,24). The molecule has 152 valence electrons. The Hall–Kier alpha value is -3.09. The normalized spacial score (nSPS) is 12.1. The molecule has 1 atom stereocenters. The molecule has 0 aliphatic carbocycles. The Labute approximate surface area is 166 Å². The summed E-state index contributed by atoms with van der Waals surface area (Å²) >= 11 is 0. The fourth-order valence-corrected chi connectivity index (χ4v) is 2.50. The Bertz CT molecular complexity index is 763. The van der Waals surface area contributed by atoms with Gasteiger partial charge in [-0.05, 0) is 50.2 Å². The zero-order valence-corrected chi connectivity index (χ0v) is 17.1. The largest absolute Gasteiger partial charge is 0.497 e. The van der Waals surface area contributed by atoms with Gasteiger partial charge in [0.05, 0.1) is 27.9 Å². The van der Waals surface area contributed by atoms with Crippen molar-refractivity contribution in [3.8, 4) is 23.0 Å². The molecule has 0 saturated heterocycles. The lowest BCUT2D eigenvalue weighted by Gasteiger charge is -2.16. The van der Waals surface area contributed by atoms with Crippen LogP contribution >= 0.6 is 0 Å². The summed E-state index contributed by atoms with van der Waals surface area (Å²) in [6.45, 7) is 5.23. The second-order valence-corrected chi connectivity index (χ2v) is 6.02. The number of nitrogens with zero attached hydrogens (tertiary/aromatic N) is 1. The highest BCUT2D eigenvalue weighted by Crippen LogP contribution is 2.29. The van der Waals surface area contributed by atoms with Gasteiger partial charge in [0.15, 0.2) is 17.5 Å². The number of hydrogen-bond donors (Lipinski definition) is 2. The Morgan fingerprint density at radius 3 is 2.21 bits per heavy atom. The van der Waals surface area contributed by atoms with Gasteiger partial charge in [-0.25, -0.2) is 4.99 Å². The number of guanidine groups is 1. The van der Waals surface area contributed by atoms with Crippen molar-refractivity contribution < 1.29 is 18.9 Å². The fourth-order valence-electron chi connectivity index (χ4n) is 2.50. The molecule has 0 radical (unpaired) electrons. The molecule has 0 bridgehead atoms. The highest BCUT2D eigenvalue weighted by Gasteiger charge is 2.08. The number of nitrogens with one attached hydrogen (secondary N) is 2. The number of anilines is 1. The van der Waals surface area contributed by atoms with Crippen LogP contribution in [0.2, 0.25) is 0 Å². The Balaban J connectivity index is 2.00. The minimum Gasteiger partial charge on any atom is -0.497 e. The van der Waals surface area contributed by atoms with Crippen molar-refractivity contribution >= 4 is 11.6 Å². The number of ether oxygens (including phenoxy) is 4. The summed E-state index contributed by atoms with van der Waals surface area (Å²) in [4.78, 5) is 4.61. The van der Waals surface area contributed by atoms with Crippen molar-refractivity contribution in [3.63, 3.8) is 0 Å². The second-order valence-electron chi connectivity index (χ2n) is 6.02. The van der Waals surface area contributed by atoms with Gasteiger partial charge < -0.3 is 29.6 Å². The van der Waals surface area contributed by atoms with E-state index in [1.165, 1.54) is 0 Å². The van der Waals surface area contributed by atoms with Crippen LogP contribution in [0, 0.1) is 0 Å². The van der Waals surface area contributed by atoms with Crippen molar-refractivity contribution in [2.24, 2.45) is 4.99 Å². The zero-order valence-electron chi connectivity index (χ0n) is 17.1. The maximum atomic E-state index is 5.90. The minimum atomic E-state index is -0.0887. The maximum Gasteiger partial charge on any atom is 0.195 e. The van der Waals surface area contributed by atoms with Crippen molar-refractivity contribution in [1.82, 2.24) is 5.32 Å². The van der Waals surface area contributed by atoms with Gasteiger partial charge in [0.2, 0.25) is 0 Å². The summed E-state index contributed by atoms with van der Waals surface area (Å²) in [6, 6.07) is 13.1. The molecule has 0 saturated carbocycles. The summed E-state index contributed by atoms with van der Waals surface area (Å²) in [5, 5.41) is 6.50. The van der Waals surface area contributed by atoms with Crippen molar-refractivity contribution in [2.45, 2.75) is 20.0 Å². The van der Waals surface area contributed by atoms with Gasteiger partial charge in [0.1, 0.15) is 17.6 Å². The number of hydrogen-bond acceptors (Lipinski definition) is 5. The Kier molecular flexibility index (Phi) is 8.27. The number of rotatable bonds is 9. The first-order valence-electron chi connectivity index (χ1n) is 9.17. The van der Waals surface area contributed by atoms with E-state index in [0.717, 1.165) is 23.7 Å². The number of benzene rings is 2. The monoisotopic (exact) mass is 387 g/mol. The van der Waals surface area contributed by atoms with E-state index >= 15 is 0 Å². The third kappa shape index (κ3) is 6.26. The highest BCUT2D eigenvalue weighted by molar-refractivity contribution is 5.93. The number of aliphatic imine (C=N–C) groups is 1. The topological polar surface area (TPSA) is 73.3 Å². The van der Waals surface area contributed by atoms with Crippen molar-refractivity contribution in [1.29, 1.82) is 0 Å². The van der Waals surface area contributed by atoms with Crippen LogP contribution in [0.25, 0.3) is 0 Å². The molecule has 1 unspecified atom stereocenters. The molecule has 7 heteroatoms. The second kappa shape index (κ2) is 10.9. The van der Waals surface area contributed by atoms with E-state index < -0.39 is 0 Å². The minimum absolute atomic E-state index is 0.0887. The summed E-state index contributed by atoms with van der Waals surface area (Å²) in [5.74, 6) is 3.57. The average Bonchev–Trinajstić information content (AvgIpc) is 2.72. The van der Waals surface area contributed by atoms with Gasteiger partial charge in [0.25, 0.3) is 0 Å². The van der Waals surface area contributed by atoms with Gasteiger partial charge in [-0.2, -0.15) is 0 Å². The van der Waals surface area contributed by atoms with Crippen LogP contribution in [0.3, 0.4) is 0 Å². The van der Waals surface area contributed by atoms with E-state index in [1.807, 2.05) is 56.3 Å². The molecule has 0 aliphatic rings. The molecule has 0 fully saturated rings. The summed E-state index contributed by atoms with van der Waals surface area (Å²) in [6.07, 6.45) is -0.0887. The molecular formula is C21H29N3O4. The molecule has 2 aromatic rings. The molecule has 0 spiro atoms. The first kappa shape index (κ1) is 21.2. The van der Waals surface area contributed by atoms with Crippen LogP contribution in [-0.4, -0.2) is 46.5 Å². The van der Waals surface area contributed by atoms with E-state index in [-0.39, 0.29) is 6.10 Å². The third-order valence-corrected chi connectivity index (χ3v) is 3.89. The van der Waals surface area contributed by atoms with E-state index in [9.17, 15) is 0 Å². The zero-order chi connectivity index (χ0) is 20.4. The smallest absolute Gasteiger partial charge is 0.195 e. The molecule has 7 nitrogen and oxygen atoms in total. The molecule has 2 N–H and O–H groups in total. The van der Waals surface area contributed by atoms with Crippen molar-refractivity contribution in [2.75, 3.05) is 39.7 Å². The van der Waals surface area contributed by atoms with Crippen LogP contribution in [0.4, 0.5) is 5.69 Å². The Morgan fingerprint density at radius 1 is 0.929 bits per heavy atom. The van der Waals surface area contributed by atoms with Gasteiger partial charge in [-0.1, -0.05) is 0 Å². The van der Waals surface area contributed by atoms with Crippen LogP contribution in [-0.2, 0) is 0 Å². The van der Waals surface area contributed by atoms with Crippen LogP contribution in [0.5, 0.6) is 23.0 Å². The van der Waals surface area contributed by atoms with Gasteiger partial charge in [-0.3, -0.25) is 0 Å². The molecule has 0 aromatic heterocycles. The van der Waals surface area contributed by atoms with Crippen LogP contribution in [0.15, 0.2) is 47.5 Å². The lowest BCUT2D eigenvalue weighted by Crippen LogP contribution is -2.32. The molecular weight excluding hydrogens is 358 g/mol. The first-order chi connectivity index (χ1) is 13.6. The maximum absolute atomic E-state index is 5.90. The van der Waals surface area contributed by atoms with E-state index in [1.54, 1.807) is 21.3 Å². The molecule has 28 heavy (non-hydrogen) atoms. The first-order valence-corrected chi connectivity index (χ1v) is 9.17. The summed E-state index contributed by atoms with van der Waals surface area (Å²) in [5.41, 5.74) is 0.848. The molecule has 0 aliphatic heterocycles. The van der Waals surface area contributed by atoms with Gasteiger partial charge in [0, 0.05) is 18.3 Å². The molecule has 2 rings (SSSR count). The lowest BCUT2D eigenvalue weighted by molar-refractivity contribution is 0.230. The van der Waals surface area contributed by atoms with Crippen LogP contribution < -0.4 is 29.6 Å².